The molecule has 3 heterocycles. The fraction of sp³-hybridized carbons (Fsp3) is 0.579. The second kappa shape index (κ2) is 7.45. The van der Waals surface area contributed by atoms with Crippen molar-refractivity contribution in [2.45, 2.75) is 38.1 Å². The molecule has 5 heteroatoms. The Hall–Kier alpha value is -1.72. The zero-order valence-electron chi connectivity index (χ0n) is 14.2. The van der Waals surface area contributed by atoms with Crippen LogP contribution in [0.2, 0.25) is 0 Å². The van der Waals surface area contributed by atoms with Crippen molar-refractivity contribution >= 4 is 0 Å². The molecule has 2 aliphatic rings. The lowest BCUT2D eigenvalue weighted by molar-refractivity contribution is 0.0925. The summed E-state index contributed by atoms with van der Waals surface area (Å²) in [6.45, 7) is 4.62. The molecular formula is C19H26N4O. The van der Waals surface area contributed by atoms with Crippen LogP contribution in [0.1, 0.15) is 44.0 Å². The van der Waals surface area contributed by atoms with Gasteiger partial charge in [-0.05, 0) is 51.2 Å². The third kappa shape index (κ3) is 3.52. The van der Waals surface area contributed by atoms with Gasteiger partial charge >= 0.3 is 0 Å². The number of aromatic nitrogens is 2. The first kappa shape index (κ1) is 15.8. The Kier molecular flexibility index (Phi) is 4.90. The van der Waals surface area contributed by atoms with Gasteiger partial charge in [0.15, 0.2) is 0 Å². The van der Waals surface area contributed by atoms with E-state index in [4.69, 9.17) is 9.51 Å². The van der Waals surface area contributed by atoms with Crippen molar-refractivity contribution in [3.63, 3.8) is 0 Å². The summed E-state index contributed by atoms with van der Waals surface area (Å²) in [5, 5.41) is 7.68. The Morgan fingerprint density at radius 3 is 2.75 bits per heavy atom. The standard InChI is InChI=1S/C19H26N4O/c1-2-6-16(7-3-1)18-21-19(24-22-18)17-8-4-5-13-23(17)14-15-9-11-20-12-10-15/h1-3,6-7,15,17,20H,4-5,8-14H2. The van der Waals surface area contributed by atoms with Crippen LogP contribution in [0, 0.1) is 5.92 Å². The van der Waals surface area contributed by atoms with Gasteiger partial charge in [-0.25, -0.2) is 0 Å². The predicted molar refractivity (Wildman–Crippen MR) is 93.5 cm³/mol. The summed E-state index contributed by atoms with van der Waals surface area (Å²) >= 11 is 0. The van der Waals surface area contributed by atoms with Crippen LogP contribution in [0.3, 0.4) is 0 Å². The summed E-state index contributed by atoms with van der Waals surface area (Å²) in [5.74, 6) is 2.30. The number of benzene rings is 1. The molecule has 24 heavy (non-hydrogen) atoms. The molecule has 2 aliphatic heterocycles. The van der Waals surface area contributed by atoms with E-state index in [0.717, 1.165) is 50.0 Å². The minimum Gasteiger partial charge on any atom is -0.337 e. The van der Waals surface area contributed by atoms with Gasteiger partial charge in [-0.15, -0.1) is 0 Å². The van der Waals surface area contributed by atoms with Crippen molar-refractivity contribution in [1.82, 2.24) is 20.4 Å². The van der Waals surface area contributed by atoms with Gasteiger partial charge in [-0.2, -0.15) is 4.98 Å². The van der Waals surface area contributed by atoms with Gasteiger partial charge in [0.2, 0.25) is 11.7 Å². The fourth-order valence-corrected chi connectivity index (χ4v) is 3.96. The van der Waals surface area contributed by atoms with Gasteiger partial charge in [-0.3, -0.25) is 4.90 Å². The molecule has 2 saturated heterocycles. The van der Waals surface area contributed by atoms with E-state index in [9.17, 15) is 0 Å². The van der Waals surface area contributed by atoms with Gasteiger partial charge < -0.3 is 9.84 Å². The summed E-state index contributed by atoms with van der Waals surface area (Å²) in [7, 11) is 0. The molecule has 0 amide bonds. The predicted octanol–water partition coefficient (Wildman–Crippen LogP) is 3.26. The zero-order valence-corrected chi connectivity index (χ0v) is 14.2. The van der Waals surface area contributed by atoms with Crippen molar-refractivity contribution in [2.75, 3.05) is 26.2 Å². The zero-order chi connectivity index (χ0) is 16.2. The number of rotatable bonds is 4. The highest BCUT2D eigenvalue weighted by atomic mass is 16.5. The van der Waals surface area contributed by atoms with Crippen molar-refractivity contribution in [3.05, 3.63) is 36.2 Å². The van der Waals surface area contributed by atoms with E-state index in [1.54, 1.807) is 0 Å². The lowest BCUT2D eigenvalue weighted by atomic mass is 9.94. The molecule has 2 aromatic rings. The summed E-state index contributed by atoms with van der Waals surface area (Å²) in [4.78, 5) is 7.30. The normalized spacial score (nSPS) is 23.4. The smallest absolute Gasteiger partial charge is 0.244 e. The van der Waals surface area contributed by atoms with Crippen LogP contribution in [0.15, 0.2) is 34.9 Å². The average Bonchev–Trinajstić information content (AvgIpc) is 3.14. The summed E-state index contributed by atoms with van der Waals surface area (Å²) in [5.41, 5.74) is 1.02. The maximum absolute atomic E-state index is 5.66. The monoisotopic (exact) mass is 326 g/mol. The fourth-order valence-electron chi connectivity index (χ4n) is 3.96. The molecule has 1 N–H and O–H groups in total. The van der Waals surface area contributed by atoms with E-state index >= 15 is 0 Å². The maximum Gasteiger partial charge on any atom is 0.244 e. The Bertz CT molecular complexity index is 636. The lowest BCUT2D eigenvalue weighted by Gasteiger charge is -2.37. The molecule has 1 aromatic heterocycles. The van der Waals surface area contributed by atoms with Crippen LogP contribution >= 0.6 is 0 Å². The van der Waals surface area contributed by atoms with Gasteiger partial charge in [-0.1, -0.05) is 41.9 Å². The molecule has 0 saturated carbocycles. The molecule has 5 nitrogen and oxygen atoms in total. The highest BCUT2D eigenvalue weighted by Gasteiger charge is 2.30. The van der Waals surface area contributed by atoms with E-state index in [1.165, 1.54) is 25.7 Å². The molecule has 2 fully saturated rings. The first-order chi connectivity index (χ1) is 11.9. The van der Waals surface area contributed by atoms with Crippen molar-refractivity contribution in [1.29, 1.82) is 0 Å². The SMILES string of the molecule is c1ccc(-c2noc(C3CCCCN3CC3CCNCC3)n2)cc1. The quantitative estimate of drug-likeness (QED) is 0.934. The van der Waals surface area contributed by atoms with Crippen molar-refractivity contribution < 1.29 is 4.52 Å². The van der Waals surface area contributed by atoms with E-state index in [-0.39, 0.29) is 0 Å². The molecule has 0 radical (unpaired) electrons. The van der Waals surface area contributed by atoms with Gasteiger partial charge in [0.1, 0.15) is 0 Å². The lowest BCUT2D eigenvalue weighted by Crippen LogP contribution is -2.40. The third-order valence-corrected chi connectivity index (χ3v) is 5.32. The van der Waals surface area contributed by atoms with Crippen LogP contribution in [0.5, 0.6) is 0 Å². The van der Waals surface area contributed by atoms with Crippen molar-refractivity contribution in [2.24, 2.45) is 5.92 Å². The Labute approximate surface area is 143 Å². The minimum atomic E-state index is 0.290. The second-order valence-corrected chi connectivity index (χ2v) is 7.02. The van der Waals surface area contributed by atoms with Crippen molar-refractivity contribution in [3.8, 4) is 11.4 Å². The van der Waals surface area contributed by atoms with E-state index in [2.05, 4.69) is 15.4 Å². The first-order valence-electron chi connectivity index (χ1n) is 9.24. The van der Waals surface area contributed by atoms with Gasteiger partial charge in [0, 0.05) is 12.1 Å². The molecular weight excluding hydrogens is 300 g/mol. The third-order valence-electron chi connectivity index (χ3n) is 5.32. The summed E-state index contributed by atoms with van der Waals surface area (Å²) < 4.78 is 5.66. The Balaban J connectivity index is 1.49. The average molecular weight is 326 g/mol. The Morgan fingerprint density at radius 2 is 1.92 bits per heavy atom. The largest absolute Gasteiger partial charge is 0.337 e. The molecule has 128 valence electrons. The highest BCUT2D eigenvalue weighted by molar-refractivity contribution is 5.53. The number of piperidine rings is 2. The number of hydrogen-bond donors (Lipinski definition) is 1. The molecule has 0 bridgehead atoms. The molecule has 0 aliphatic carbocycles. The molecule has 0 spiro atoms. The van der Waals surface area contributed by atoms with E-state index < -0.39 is 0 Å². The maximum atomic E-state index is 5.66. The molecule has 1 unspecified atom stereocenters. The van der Waals surface area contributed by atoms with E-state index in [1.807, 2.05) is 30.3 Å². The summed E-state index contributed by atoms with van der Waals surface area (Å²) in [6.07, 6.45) is 6.21. The van der Waals surface area contributed by atoms with Crippen LogP contribution in [0.4, 0.5) is 0 Å². The number of nitrogens with one attached hydrogen (secondary N) is 1. The summed E-state index contributed by atoms with van der Waals surface area (Å²) in [6, 6.07) is 10.4. The van der Waals surface area contributed by atoms with Crippen LogP contribution < -0.4 is 5.32 Å². The first-order valence-corrected chi connectivity index (χ1v) is 9.24. The molecule has 1 atom stereocenters. The number of likely N-dealkylation sites (tertiary alicyclic amines) is 1. The van der Waals surface area contributed by atoms with Gasteiger partial charge in [0.25, 0.3) is 0 Å². The topological polar surface area (TPSA) is 54.2 Å². The van der Waals surface area contributed by atoms with E-state index in [0.29, 0.717) is 11.9 Å². The van der Waals surface area contributed by atoms with Crippen LogP contribution in [0.25, 0.3) is 11.4 Å². The number of nitrogens with zero attached hydrogens (tertiary/aromatic N) is 3. The molecule has 4 rings (SSSR count). The minimum absolute atomic E-state index is 0.290. The highest BCUT2D eigenvalue weighted by Crippen LogP contribution is 2.32. The number of hydrogen-bond acceptors (Lipinski definition) is 5. The molecule has 1 aromatic carbocycles. The second-order valence-electron chi connectivity index (χ2n) is 7.02. The van der Waals surface area contributed by atoms with Crippen LogP contribution in [-0.4, -0.2) is 41.2 Å². The van der Waals surface area contributed by atoms with Crippen LogP contribution in [-0.2, 0) is 0 Å². The van der Waals surface area contributed by atoms with Gasteiger partial charge in [0.05, 0.1) is 6.04 Å². The Morgan fingerprint density at radius 1 is 1.08 bits per heavy atom.